The molecule has 0 spiro atoms. The molecule has 0 saturated heterocycles. The van der Waals surface area contributed by atoms with Crippen molar-refractivity contribution in [1.82, 2.24) is 0 Å². The van der Waals surface area contributed by atoms with Crippen molar-refractivity contribution in [1.29, 1.82) is 0 Å². The van der Waals surface area contributed by atoms with Crippen LogP contribution in [0.4, 0.5) is 17.1 Å². The van der Waals surface area contributed by atoms with Gasteiger partial charge in [0, 0.05) is 32.9 Å². The van der Waals surface area contributed by atoms with Gasteiger partial charge in [-0.05, 0) is 91.7 Å². The zero-order valence-corrected chi connectivity index (χ0v) is 31.7. The summed E-state index contributed by atoms with van der Waals surface area (Å²) in [6, 6.07) is 80.6. The molecular formula is C56H37NO. The van der Waals surface area contributed by atoms with Gasteiger partial charge < -0.3 is 9.32 Å². The van der Waals surface area contributed by atoms with Crippen LogP contribution < -0.4 is 4.90 Å². The molecule has 11 rings (SSSR count). The van der Waals surface area contributed by atoms with Gasteiger partial charge in [-0.1, -0.05) is 188 Å². The standard InChI is InChI=1S/C56H37NO/c1-3-13-38(14-4-1)41-25-27-43(28-26-41)46-19-11-20-47(35-46)57(48-34-33-40-17-7-8-18-45(40)36-48)53-37-52-55-49(44-31-29-42(30-32-44)39-15-5-2-6-16-39)23-12-24-54(55)58-56(52)51-22-10-9-21-50(51)53/h1-37H. The van der Waals surface area contributed by atoms with Crippen LogP contribution in [0.5, 0.6) is 0 Å². The van der Waals surface area contributed by atoms with E-state index in [4.69, 9.17) is 4.42 Å². The van der Waals surface area contributed by atoms with Crippen LogP contribution in [0.2, 0.25) is 0 Å². The van der Waals surface area contributed by atoms with Crippen LogP contribution in [0.1, 0.15) is 0 Å². The van der Waals surface area contributed by atoms with E-state index in [1.54, 1.807) is 0 Å². The summed E-state index contributed by atoms with van der Waals surface area (Å²) in [6.45, 7) is 0. The van der Waals surface area contributed by atoms with E-state index in [2.05, 4.69) is 229 Å². The summed E-state index contributed by atoms with van der Waals surface area (Å²) >= 11 is 0. The van der Waals surface area contributed by atoms with Gasteiger partial charge in [-0.15, -0.1) is 0 Å². The summed E-state index contributed by atoms with van der Waals surface area (Å²) in [6.07, 6.45) is 0. The van der Waals surface area contributed by atoms with Gasteiger partial charge in [-0.2, -0.15) is 0 Å². The minimum atomic E-state index is 0.875. The first-order valence-electron chi connectivity index (χ1n) is 19.8. The fraction of sp³-hybridized carbons (Fsp3) is 0. The van der Waals surface area contributed by atoms with E-state index in [0.29, 0.717) is 0 Å². The number of hydrogen-bond donors (Lipinski definition) is 0. The van der Waals surface area contributed by atoms with Gasteiger partial charge >= 0.3 is 0 Å². The summed E-state index contributed by atoms with van der Waals surface area (Å²) in [5.41, 5.74) is 14.5. The lowest BCUT2D eigenvalue weighted by atomic mass is 9.95. The fourth-order valence-corrected chi connectivity index (χ4v) is 8.58. The average Bonchev–Trinajstić information content (AvgIpc) is 3.69. The largest absolute Gasteiger partial charge is 0.455 e. The SMILES string of the molecule is c1ccc(-c2ccc(-c3cccc(N(c4ccc5ccccc5c4)c4cc5c(oc6cccc(-c7ccc(-c8ccccc8)cc7)c65)c5ccccc45)c3)cc2)cc1. The first kappa shape index (κ1) is 33.6. The lowest BCUT2D eigenvalue weighted by Gasteiger charge is -2.28. The van der Waals surface area contributed by atoms with Crippen molar-refractivity contribution >= 4 is 60.5 Å². The predicted octanol–water partition coefficient (Wildman–Crippen LogP) is 16.0. The number of benzene rings is 10. The quantitative estimate of drug-likeness (QED) is 0.162. The van der Waals surface area contributed by atoms with E-state index >= 15 is 0 Å². The summed E-state index contributed by atoms with van der Waals surface area (Å²) in [5, 5.41) is 6.80. The third kappa shape index (κ3) is 5.91. The molecule has 2 nitrogen and oxygen atoms in total. The molecule has 11 aromatic rings. The van der Waals surface area contributed by atoms with E-state index in [9.17, 15) is 0 Å². The molecule has 0 N–H and O–H groups in total. The van der Waals surface area contributed by atoms with Gasteiger partial charge in [-0.25, -0.2) is 0 Å². The van der Waals surface area contributed by atoms with Crippen molar-refractivity contribution in [3.63, 3.8) is 0 Å². The van der Waals surface area contributed by atoms with Crippen molar-refractivity contribution in [2.75, 3.05) is 4.90 Å². The summed E-state index contributed by atoms with van der Waals surface area (Å²) < 4.78 is 6.82. The van der Waals surface area contributed by atoms with Crippen molar-refractivity contribution < 1.29 is 4.42 Å². The zero-order chi connectivity index (χ0) is 38.4. The third-order valence-electron chi connectivity index (χ3n) is 11.4. The summed E-state index contributed by atoms with van der Waals surface area (Å²) in [7, 11) is 0. The molecule has 0 saturated carbocycles. The molecule has 58 heavy (non-hydrogen) atoms. The van der Waals surface area contributed by atoms with Crippen LogP contribution in [0, 0.1) is 0 Å². The second-order valence-corrected chi connectivity index (χ2v) is 14.9. The Morgan fingerprint density at radius 1 is 0.310 bits per heavy atom. The van der Waals surface area contributed by atoms with Gasteiger partial charge in [0.25, 0.3) is 0 Å². The zero-order valence-electron chi connectivity index (χ0n) is 31.7. The average molecular weight is 740 g/mol. The van der Waals surface area contributed by atoms with Gasteiger partial charge in [0.1, 0.15) is 11.2 Å². The lowest BCUT2D eigenvalue weighted by Crippen LogP contribution is -2.10. The minimum Gasteiger partial charge on any atom is -0.455 e. The smallest absolute Gasteiger partial charge is 0.143 e. The second kappa shape index (κ2) is 14.1. The Morgan fingerprint density at radius 3 is 1.55 bits per heavy atom. The van der Waals surface area contributed by atoms with Gasteiger partial charge in [-0.3, -0.25) is 0 Å². The molecule has 1 aromatic heterocycles. The first-order valence-corrected chi connectivity index (χ1v) is 19.8. The second-order valence-electron chi connectivity index (χ2n) is 14.9. The summed E-state index contributed by atoms with van der Waals surface area (Å²) in [4.78, 5) is 2.42. The third-order valence-corrected chi connectivity index (χ3v) is 11.4. The Morgan fingerprint density at radius 2 is 0.845 bits per heavy atom. The first-order chi connectivity index (χ1) is 28.7. The van der Waals surface area contributed by atoms with Crippen molar-refractivity contribution in [3.05, 3.63) is 224 Å². The molecule has 0 unspecified atom stereocenters. The van der Waals surface area contributed by atoms with E-state index in [1.807, 2.05) is 0 Å². The highest BCUT2D eigenvalue weighted by molar-refractivity contribution is 6.22. The number of hydrogen-bond acceptors (Lipinski definition) is 2. The molecule has 10 aromatic carbocycles. The monoisotopic (exact) mass is 739 g/mol. The number of rotatable bonds is 7. The van der Waals surface area contributed by atoms with Crippen molar-refractivity contribution in [2.24, 2.45) is 0 Å². The number of anilines is 3. The maximum atomic E-state index is 6.82. The Labute approximate surface area is 337 Å². The Bertz CT molecular complexity index is 3250. The normalized spacial score (nSPS) is 11.4. The van der Waals surface area contributed by atoms with Crippen molar-refractivity contribution in [3.8, 4) is 44.5 Å². The number of nitrogens with zero attached hydrogens (tertiary/aromatic N) is 1. The Hall–Kier alpha value is -7.68. The van der Waals surface area contributed by atoms with E-state index in [1.165, 1.54) is 38.6 Å². The molecule has 0 fully saturated rings. The minimum absolute atomic E-state index is 0.875. The van der Waals surface area contributed by atoms with Crippen LogP contribution in [-0.4, -0.2) is 0 Å². The molecule has 2 heteroatoms. The maximum absolute atomic E-state index is 6.82. The molecular weight excluding hydrogens is 703 g/mol. The van der Waals surface area contributed by atoms with Gasteiger partial charge in [0.2, 0.25) is 0 Å². The molecule has 1 heterocycles. The van der Waals surface area contributed by atoms with Crippen LogP contribution in [0.3, 0.4) is 0 Å². The topological polar surface area (TPSA) is 16.4 Å². The molecule has 0 aliphatic carbocycles. The molecule has 0 aliphatic heterocycles. The number of fused-ring (bicyclic) bond motifs is 6. The van der Waals surface area contributed by atoms with Crippen molar-refractivity contribution in [2.45, 2.75) is 0 Å². The van der Waals surface area contributed by atoms with Crippen LogP contribution >= 0.6 is 0 Å². The molecule has 272 valence electrons. The highest BCUT2D eigenvalue weighted by atomic mass is 16.3. The molecule has 0 amide bonds. The summed E-state index contributed by atoms with van der Waals surface area (Å²) in [5.74, 6) is 0. The highest BCUT2D eigenvalue weighted by Crippen LogP contribution is 2.47. The molecule has 0 atom stereocenters. The van der Waals surface area contributed by atoms with Gasteiger partial charge in [0.15, 0.2) is 0 Å². The van der Waals surface area contributed by atoms with Crippen LogP contribution in [-0.2, 0) is 0 Å². The Balaban J connectivity index is 1.11. The predicted molar refractivity (Wildman–Crippen MR) is 245 cm³/mol. The molecule has 0 aliphatic rings. The van der Waals surface area contributed by atoms with E-state index in [-0.39, 0.29) is 0 Å². The molecule has 0 radical (unpaired) electrons. The van der Waals surface area contributed by atoms with E-state index < -0.39 is 0 Å². The fourth-order valence-electron chi connectivity index (χ4n) is 8.58. The highest BCUT2D eigenvalue weighted by Gasteiger charge is 2.22. The maximum Gasteiger partial charge on any atom is 0.143 e. The van der Waals surface area contributed by atoms with Crippen LogP contribution in [0.25, 0.3) is 88.0 Å². The molecule has 0 bridgehead atoms. The van der Waals surface area contributed by atoms with Gasteiger partial charge in [0.05, 0.1) is 5.69 Å². The van der Waals surface area contributed by atoms with E-state index in [0.717, 1.165) is 66.5 Å². The Kier molecular flexibility index (Phi) is 8.19. The van der Waals surface area contributed by atoms with Crippen LogP contribution in [0.15, 0.2) is 229 Å². The number of furan rings is 1. The lowest BCUT2D eigenvalue weighted by molar-refractivity contribution is 0.673.